The van der Waals surface area contributed by atoms with Crippen molar-refractivity contribution in [3.8, 4) is 0 Å². The molecule has 0 radical (unpaired) electrons. The molecule has 0 spiro atoms. The van der Waals surface area contributed by atoms with Gasteiger partial charge in [0.25, 0.3) is 0 Å². The van der Waals surface area contributed by atoms with Crippen LogP contribution in [0.15, 0.2) is 85.1 Å². The van der Waals surface area contributed by atoms with Crippen molar-refractivity contribution in [2.24, 2.45) is 0 Å². The molecular weight excluding hydrogens is 781 g/mol. The monoisotopic (exact) mass is 871 g/mol. The maximum atomic E-state index is 12.8. The van der Waals surface area contributed by atoms with Gasteiger partial charge >= 0.3 is 5.97 Å². The first-order valence-corrected chi connectivity index (χ1v) is 24.7. The normalized spacial score (nSPS) is 20.5. The highest BCUT2D eigenvalue weighted by molar-refractivity contribution is 5.69. The van der Waals surface area contributed by atoms with Crippen molar-refractivity contribution in [1.82, 2.24) is 0 Å². The van der Waals surface area contributed by atoms with Gasteiger partial charge in [0.2, 0.25) is 0 Å². The van der Waals surface area contributed by atoms with E-state index in [-0.39, 0.29) is 19.2 Å². The number of carbonyl (C=O) groups excluding carboxylic acids is 1. The second-order valence-corrected chi connectivity index (χ2v) is 16.5. The van der Waals surface area contributed by atoms with E-state index in [1.807, 2.05) is 0 Å². The van der Waals surface area contributed by atoms with Gasteiger partial charge in [0.15, 0.2) is 6.29 Å². The average molecular weight is 871 g/mol. The Labute approximate surface area is 378 Å². The fraction of sp³-hybridized carbons (Fsp3) is 0.717. The Kier molecular flexibility index (Phi) is 40.4. The summed E-state index contributed by atoms with van der Waals surface area (Å²) in [6.45, 7) is 4.37. The third kappa shape index (κ3) is 33.9. The molecule has 356 valence electrons. The fourth-order valence-electron chi connectivity index (χ4n) is 6.96. The molecule has 1 aliphatic heterocycles. The second kappa shape index (κ2) is 43.6. The van der Waals surface area contributed by atoms with Crippen molar-refractivity contribution in [2.45, 2.75) is 218 Å². The number of aliphatic hydroxyl groups excluding tert-OH is 4. The Morgan fingerprint density at radius 1 is 0.532 bits per heavy atom. The third-order valence-corrected chi connectivity index (χ3v) is 10.8. The quantitative estimate of drug-likeness (QED) is 0.0269. The molecule has 1 fully saturated rings. The molecule has 62 heavy (non-hydrogen) atoms. The molecule has 0 saturated carbocycles. The van der Waals surface area contributed by atoms with Crippen LogP contribution in [0, 0.1) is 0 Å². The zero-order valence-electron chi connectivity index (χ0n) is 39.1. The van der Waals surface area contributed by atoms with E-state index in [0.29, 0.717) is 13.0 Å². The van der Waals surface area contributed by atoms with Crippen LogP contribution in [-0.2, 0) is 23.7 Å². The van der Waals surface area contributed by atoms with Gasteiger partial charge in [-0.25, -0.2) is 0 Å². The van der Waals surface area contributed by atoms with E-state index in [1.54, 1.807) is 0 Å². The lowest BCUT2D eigenvalue weighted by Gasteiger charge is -2.39. The van der Waals surface area contributed by atoms with Crippen LogP contribution < -0.4 is 0 Å². The number of aliphatic hydroxyl groups is 4. The Bertz CT molecular complexity index is 1220. The average Bonchev–Trinajstić information content (AvgIpc) is 3.27. The molecule has 6 atom stereocenters. The maximum absolute atomic E-state index is 12.8. The van der Waals surface area contributed by atoms with Gasteiger partial charge in [-0.1, -0.05) is 170 Å². The van der Waals surface area contributed by atoms with E-state index in [4.69, 9.17) is 18.9 Å². The van der Waals surface area contributed by atoms with Gasteiger partial charge in [0, 0.05) is 13.0 Å². The highest BCUT2D eigenvalue weighted by atomic mass is 16.7. The summed E-state index contributed by atoms with van der Waals surface area (Å²) in [6, 6.07) is 0. The molecule has 1 rings (SSSR count). The lowest BCUT2D eigenvalue weighted by Crippen LogP contribution is -2.59. The Morgan fingerprint density at radius 3 is 1.48 bits per heavy atom. The molecule has 1 aliphatic rings. The SMILES string of the molecule is CC/C=C\C/C=C\C/C=C\C/C=C\CCCCCCCCC(=O)OC(COCCCCCCCCC/C=C\C/C=C\C/C=C\CCCCC)COC1OC(CO)C(O)C(O)C1O. The maximum Gasteiger partial charge on any atom is 0.306 e. The summed E-state index contributed by atoms with van der Waals surface area (Å²) in [6.07, 6.45) is 51.7. The van der Waals surface area contributed by atoms with Crippen LogP contribution in [0.5, 0.6) is 0 Å². The number of allylic oxidation sites excluding steroid dienone is 14. The van der Waals surface area contributed by atoms with Crippen molar-refractivity contribution < 1.29 is 44.2 Å². The molecule has 0 amide bonds. The van der Waals surface area contributed by atoms with E-state index in [9.17, 15) is 25.2 Å². The van der Waals surface area contributed by atoms with E-state index < -0.39 is 43.4 Å². The molecule has 1 heterocycles. The Morgan fingerprint density at radius 2 is 0.984 bits per heavy atom. The predicted octanol–water partition coefficient (Wildman–Crippen LogP) is 11.8. The van der Waals surface area contributed by atoms with Gasteiger partial charge in [-0.3, -0.25) is 4.79 Å². The molecule has 0 aromatic heterocycles. The number of rotatable bonds is 41. The lowest BCUT2D eigenvalue weighted by atomic mass is 9.99. The zero-order chi connectivity index (χ0) is 45.0. The predicted molar refractivity (Wildman–Crippen MR) is 256 cm³/mol. The van der Waals surface area contributed by atoms with Gasteiger partial charge in [0.05, 0.1) is 19.8 Å². The second-order valence-electron chi connectivity index (χ2n) is 16.5. The molecule has 0 bridgehead atoms. The molecule has 9 heteroatoms. The van der Waals surface area contributed by atoms with Crippen LogP contribution >= 0.6 is 0 Å². The van der Waals surface area contributed by atoms with Gasteiger partial charge in [-0.2, -0.15) is 0 Å². The summed E-state index contributed by atoms with van der Waals surface area (Å²) in [5.41, 5.74) is 0. The summed E-state index contributed by atoms with van der Waals surface area (Å²) in [5, 5.41) is 40.2. The number of ether oxygens (including phenoxy) is 4. The minimum absolute atomic E-state index is 0.127. The molecule has 0 aromatic rings. The highest BCUT2D eigenvalue weighted by Crippen LogP contribution is 2.22. The number of esters is 1. The third-order valence-electron chi connectivity index (χ3n) is 10.8. The van der Waals surface area contributed by atoms with Crippen LogP contribution in [-0.4, -0.2) is 89.6 Å². The fourth-order valence-corrected chi connectivity index (χ4v) is 6.96. The lowest BCUT2D eigenvalue weighted by molar-refractivity contribution is -0.305. The van der Waals surface area contributed by atoms with Gasteiger partial charge < -0.3 is 39.4 Å². The van der Waals surface area contributed by atoms with Crippen LogP contribution in [0.4, 0.5) is 0 Å². The minimum atomic E-state index is -1.55. The molecule has 1 saturated heterocycles. The summed E-state index contributed by atoms with van der Waals surface area (Å²) in [5.74, 6) is -0.334. The molecule has 0 aliphatic carbocycles. The summed E-state index contributed by atoms with van der Waals surface area (Å²) in [4.78, 5) is 12.8. The van der Waals surface area contributed by atoms with Crippen molar-refractivity contribution >= 4 is 5.97 Å². The molecule has 4 N–H and O–H groups in total. The topological polar surface area (TPSA) is 135 Å². The summed E-state index contributed by atoms with van der Waals surface area (Å²) < 4.78 is 22.9. The van der Waals surface area contributed by atoms with Crippen molar-refractivity contribution in [3.05, 3.63) is 85.1 Å². The zero-order valence-corrected chi connectivity index (χ0v) is 39.1. The first-order chi connectivity index (χ1) is 30.4. The smallest absolute Gasteiger partial charge is 0.306 e. The van der Waals surface area contributed by atoms with Gasteiger partial charge in [-0.15, -0.1) is 0 Å². The van der Waals surface area contributed by atoms with Crippen molar-refractivity contribution in [3.63, 3.8) is 0 Å². The number of hydrogen-bond donors (Lipinski definition) is 4. The standard InChI is InChI=1S/C53H90O9/c1-3-5-7-9-11-13-15-17-19-21-23-25-27-29-31-33-35-37-39-41-43-59-45-47(46-60-53-52(58)51(57)50(56)48(44-54)62-53)61-49(55)42-40-38-36-34-32-30-28-26-24-22-20-18-16-14-12-10-8-6-4-2/h6,8,11-14,17-20,23-26,47-48,50-54,56-58H,3-5,7,9-10,15-16,21-22,27-46H2,1-2H3/b8-6-,13-11-,14-12-,19-17-,20-18-,25-23-,26-24-. The van der Waals surface area contributed by atoms with Crippen molar-refractivity contribution in [2.75, 3.05) is 26.4 Å². The van der Waals surface area contributed by atoms with Gasteiger partial charge in [0.1, 0.15) is 30.5 Å². The largest absolute Gasteiger partial charge is 0.457 e. The minimum Gasteiger partial charge on any atom is -0.457 e. The Hall–Kier alpha value is -2.63. The van der Waals surface area contributed by atoms with Crippen LogP contribution in [0.25, 0.3) is 0 Å². The number of hydrogen-bond acceptors (Lipinski definition) is 9. The number of unbranched alkanes of at least 4 members (excludes halogenated alkanes) is 16. The van der Waals surface area contributed by atoms with E-state index in [2.05, 4.69) is 98.9 Å². The van der Waals surface area contributed by atoms with Crippen molar-refractivity contribution in [1.29, 1.82) is 0 Å². The van der Waals surface area contributed by atoms with Crippen LogP contribution in [0.2, 0.25) is 0 Å². The first kappa shape index (κ1) is 57.4. The molecule has 9 nitrogen and oxygen atoms in total. The molecular formula is C53H90O9. The Balaban J connectivity index is 2.26. The first-order valence-electron chi connectivity index (χ1n) is 24.7. The van der Waals surface area contributed by atoms with E-state index in [0.717, 1.165) is 96.3 Å². The molecule has 6 unspecified atom stereocenters. The summed E-state index contributed by atoms with van der Waals surface area (Å²) in [7, 11) is 0. The van der Waals surface area contributed by atoms with Gasteiger partial charge in [-0.05, 0) is 89.9 Å². The highest BCUT2D eigenvalue weighted by Gasteiger charge is 2.44. The van der Waals surface area contributed by atoms with Crippen LogP contribution in [0.3, 0.4) is 0 Å². The summed E-state index contributed by atoms with van der Waals surface area (Å²) >= 11 is 0. The number of carbonyl (C=O) groups is 1. The molecule has 0 aromatic carbocycles. The van der Waals surface area contributed by atoms with E-state index in [1.165, 1.54) is 64.2 Å². The van der Waals surface area contributed by atoms with Crippen LogP contribution in [0.1, 0.15) is 181 Å². The van der Waals surface area contributed by atoms with E-state index >= 15 is 0 Å².